The van der Waals surface area contributed by atoms with Gasteiger partial charge >= 0.3 is 5.97 Å². The van der Waals surface area contributed by atoms with Crippen molar-refractivity contribution in [2.24, 2.45) is 0 Å². The van der Waals surface area contributed by atoms with Crippen molar-refractivity contribution < 1.29 is 28.2 Å². The van der Waals surface area contributed by atoms with Gasteiger partial charge in [-0.3, -0.25) is 4.79 Å². The first-order valence-electron chi connectivity index (χ1n) is 9.83. The van der Waals surface area contributed by atoms with E-state index in [-0.39, 0.29) is 36.3 Å². The van der Waals surface area contributed by atoms with Crippen LogP contribution in [0.3, 0.4) is 0 Å². The van der Waals surface area contributed by atoms with E-state index in [1.54, 1.807) is 31.2 Å². The molecule has 0 aliphatic heterocycles. The van der Waals surface area contributed by atoms with Crippen molar-refractivity contribution in [1.29, 1.82) is 0 Å². The zero-order valence-electron chi connectivity index (χ0n) is 17.2. The number of carboxylic acid groups (broad SMARTS) is 1. The number of hydrogen-bond donors (Lipinski definition) is 2. The monoisotopic (exact) mass is 427 g/mol. The minimum absolute atomic E-state index is 0.0256. The molecule has 0 bridgehead atoms. The van der Waals surface area contributed by atoms with Gasteiger partial charge in [0.25, 0.3) is 5.91 Å². The van der Waals surface area contributed by atoms with Crippen LogP contribution in [0.15, 0.2) is 66.2 Å². The second-order valence-electron chi connectivity index (χ2n) is 7.39. The smallest absolute Gasteiger partial charge is 0.335 e. The van der Waals surface area contributed by atoms with E-state index in [0.717, 1.165) is 11.1 Å². The molecule has 0 fully saturated rings. The highest BCUT2D eigenvalue weighted by molar-refractivity contribution is 5.96. The summed E-state index contributed by atoms with van der Waals surface area (Å²) in [6.07, 6.45) is 1.15. The molecular weight excluding hydrogens is 404 g/mol. The molecule has 2 atom stereocenters. The minimum Gasteiger partial charge on any atom is -0.486 e. The van der Waals surface area contributed by atoms with Crippen LogP contribution in [0.25, 0.3) is 0 Å². The molecule has 7 heteroatoms. The fourth-order valence-electron chi connectivity index (χ4n) is 3.20. The third-order valence-corrected chi connectivity index (χ3v) is 5.02. The van der Waals surface area contributed by atoms with Crippen LogP contribution in [-0.2, 0) is 11.3 Å². The van der Waals surface area contributed by atoms with Gasteiger partial charge in [0.2, 0.25) is 0 Å². The van der Waals surface area contributed by atoms with Gasteiger partial charge in [0.1, 0.15) is 6.61 Å². The number of carbonyl (C=O) groups excluding carboxylic acids is 1. The molecule has 2 aromatic carbocycles. The van der Waals surface area contributed by atoms with E-state index in [9.17, 15) is 18.4 Å². The number of allylic oxidation sites excluding steroid dienone is 3. The first-order chi connectivity index (χ1) is 14.8. The van der Waals surface area contributed by atoms with Crippen LogP contribution in [-0.4, -0.2) is 23.2 Å². The van der Waals surface area contributed by atoms with Crippen molar-refractivity contribution in [2.45, 2.75) is 39.1 Å². The van der Waals surface area contributed by atoms with Crippen molar-refractivity contribution in [3.05, 3.63) is 94.0 Å². The summed E-state index contributed by atoms with van der Waals surface area (Å²) in [6.45, 7) is 3.54. The fraction of sp³-hybridized carbons (Fsp3) is 0.250. The van der Waals surface area contributed by atoms with E-state index in [0.29, 0.717) is 11.1 Å². The number of aromatic carboxylic acids is 1. The number of halogens is 2. The summed E-state index contributed by atoms with van der Waals surface area (Å²) in [5.74, 6) is -2.49. The van der Waals surface area contributed by atoms with Crippen molar-refractivity contribution in [1.82, 2.24) is 5.32 Å². The number of amides is 1. The lowest BCUT2D eigenvalue weighted by molar-refractivity contribution is 0.0696. The van der Waals surface area contributed by atoms with E-state index < -0.39 is 18.0 Å². The lowest BCUT2D eigenvalue weighted by Crippen LogP contribution is -2.27. The maximum Gasteiger partial charge on any atom is 0.335 e. The Balaban J connectivity index is 1.74. The van der Waals surface area contributed by atoms with Crippen molar-refractivity contribution in [2.75, 3.05) is 0 Å². The molecule has 3 rings (SSSR count). The predicted octanol–water partition coefficient (Wildman–Crippen LogP) is 5.18. The summed E-state index contributed by atoms with van der Waals surface area (Å²) < 4.78 is 32.9. The molecule has 1 aliphatic rings. The molecule has 162 valence electrons. The standard InChI is InChI=1S/C24H23F2NO4/c1-14-6-7-18(13-31-21-5-3-4-20(25)22(21)26)19(12-14)23(28)27-15(2)16-8-10-17(11-9-16)24(29)30/h3,5-12,15,20H,4,13H2,1-2H3,(H,27,28)(H,29,30)/t15-,20?/m0/s1. The second-order valence-corrected chi connectivity index (χ2v) is 7.39. The summed E-state index contributed by atoms with van der Waals surface area (Å²) in [5, 5.41) is 11.9. The highest BCUT2D eigenvalue weighted by Gasteiger charge is 2.22. The molecule has 0 saturated carbocycles. The normalized spacial score (nSPS) is 16.7. The van der Waals surface area contributed by atoms with Gasteiger partial charge in [-0.15, -0.1) is 0 Å². The first-order valence-corrected chi connectivity index (χ1v) is 9.83. The van der Waals surface area contributed by atoms with Crippen LogP contribution in [0, 0.1) is 6.92 Å². The lowest BCUT2D eigenvalue weighted by Gasteiger charge is -2.18. The topological polar surface area (TPSA) is 75.6 Å². The van der Waals surface area contributed by atoms with Gasteiger partial charge in [0.15, 0.2) is 17.8 Å². The highest BCUT2D eigenvalue weighted by atomic mass is 19.2. The number of hydrogen-bond acceptors (Lipinski definition) is 3. The predicted molar refractivity (Wildman–Crippen MR) is 112 cm³/mol. The zero-order chi connectivity index (χ0) is 22.5. The number of carboxylic acids is 1. The van der Waals surface area contributed by atoms with Gasteiger partial charge in [-0.05, 0) is 43.7 Å². The summed E-state index contributed by atoms with van der Waals surface area (Å²) in [5.41, 5.74) is 2.67. The molecule has 1 unspecified atom stereocenters. The van der Waals surface area contributed by atoms with Crippen LogP contribution in [0.5, 0.6) is 0 Å². The summed E-state index contributed by atoms with van der Waals surface area (Å²) in [4.78, 5) is 23.9. The summed E-state index contributed by atoms with van der Waals surface area (Å²) in [7, 11) is 0. The number of aryl methyl sites for hydroxylation is 1. The van der Waals surface area contributed by atoms with Gasteiger partial charge in [-0.25, -0.2) is 13.6 Å². The third-order valence-electron chi connectivity index (χ3n) is 5.02. The van der Waals surface area contributed by atoms with E-state index in [4.69, 9.17) is 9.84 Å². The summed E-state index contributed by atoms with van der Waals surface area (Å²) >= 11 is 0. The molecule has 31 heavy (non-hydrogen) atoms. The molecule has 0 aromatic heterocycles. The second kappa shape index (κ2) is 9.55. The number of rotatable bonds is 7. The zero-order valence-corrected chi connectivity index (χ0v) is 17.2. The van der Waals surface area contributed by atoms with E-state index in [2.05, 4.69) is 5.32 Å². The Bertz CT molecular complexity index is 1040. The first kappa shape index (κ1) is 22.2. The summed E-state index contributed by atoms with van der Waals surface area (Å²) in [6, 6.07) is 11.1. The van der Waals surface area contributed by atoms with Crippen molar-refractivity contribution in [3.8, 4) is 0 Å². The number of alkyl halides is 1. The molecule has 0 radical (unpaired) electrons. The molecule has 0 heterocycles. The molecule has 1 amide bonds. The Morgan fingerprint density at radius 3 is 2.61 bits per heavy atom. The molecular formula is C24H23F2NO4. The Kier molecular flexibility index (Phi) is 6.84. The maximum absolute atomic E-state index is 13.9. The number of benzene rings is 2. The van der Waals surface area contributed by atoms with Crippen LogP contribution >= 0.6 is 0 Å². The Labute approximate surface area is 179 Å². The van der Waals surface area contributed by atoms with E-state index in [1.165, 1.54) is 24.3 Å². The van der Waals surface area contributed by atoms with Crippen LogP contribution in [0.4, 0.5) is 8.78 Å². The number of carbonyl (C=O) groups is 2. The van der Waals surface area contributed by atoms with Crippen LogP contribution in [0.1, 0.15) is 56.8 Å². The SMILES string of the molecule is Cc1ccc(COC2=C(F)C(F)CC=C2)c(C(=O)N[C@@H](C)c2ccc(C(=O)O)cc2)c1. The highest BCUT2D eigenvalue weighted by Crippen LogP contribution is 2.26. The fourth-order valence-corrected chi connectivity index (χ4v) is 3.20. The molecule has 1 aliphatic carbocycles. The molecule has 2 N–H and O–H groups in total. The van der Waals surface area contributed by atoms with Crippen LogP contribution < -0.4 is 5.32 Å². The van der Waals surface area contributed by atoms with E-state index in [1.807, 2.05) is 13.0 Å². The molecule has 0 saturated heterocycles. The third kappa shape index (κ3) is 5.36. The van der Waals surface area contributed by atoms with Gasteiger partial charge in [-0.1, -0.05) is 35.9 Å². The molecule has 2 aromatic rings. The molecule has 0 spiro atoms. The number of nitrogens with one attached hydrogen (secondary N) is 1. The Hall–Kier alpha value is -3.48. The van der Waals surface area contributed by atoms with Gasteiger partial charge < -0.3 is 15.2 Å². The quantitative estimate of drug-likeness (QED) is 0.638. The number of ether oxygens (including phenoxy) is 1. The lowest BCUT2D eigenvalue weighted by atomic mass is 10.0. The van der Waals surface area contributed by atoms with Gasteiger partial charge in [0, 0.05) is 17.5 Å². The van der Waals surface area contributed by atoms with Crippen molar-refractivity contribution >= 4 is 11.9 Å². The van der Waals surface area contributed by atoms with Gasteiger partial charge in [0.05, 0.1) is 11.6 Å². The minimum atomic E-state index is -1.71. The average molecular weight is 427 g/mol. The maximum atomic E-state index is 13.9. The Morgan fingerprint density at radius 1 is 1.23 bits per heavy atom. The van der Waals surface area contributed by atoms with Crippen molar-refractivity contribution in [3.63, 3.8) is 0 Å². The van der Waals surface area contributed by atoms with Gasteiger partial charge in [-0.2, -0.15) is 0 Å². The largest absolute Gasteiger partial charge is 0.486 e. The Morgan fingerprint density at radius 2 is 1.94 bits per heavy atom. The van der Waals surface area contributed by atoms with E-state index >= 15 is 0 Å². The molecule has 5 nitrogen and oxygen atoms in total. The van der Waals surface area contributed by atoms with Crippen LogP contribution in [0.2, 0.25) is 0 Å². The average Bonchev–Trinajstić information content (AvgIpc) is 2.75.